The Hall–Kier alpha value is -1.65. The first-order chi connectivity index (χ1) is 7.79. The van der Waals surface area contributed by atoms with Crippen molar-refractivity contribution >= 4 is 11.4 Å². The molecule has 0 bridgehead atoms. The van der Waals surface area contributed by atoms with E-state index in [-0.39, 0.29) is 6.54 Å². The van der Waals surface area contributed by atoms with Gasteiger partial charge in [0.1, 0.15) is 0 Å². The maximum atomic E-state index is 12.0. The van der Waals surface area contributed by atoms with E-state index in [2.05, 4.69) is 11.9 Å². The molecule has 94 valence electrons. The predicted molar refractivity (Wildman–Crippen MR) is 63.3 cm³/mol. The Labute approximate surface area is 98.3 Å². The zero-order chi connectivity index (χ0) is 13.1. The Morgan fingerprint density at radius 1 is 1.41 bits per heavy atom. The minimum atomic E-state index is -4.15. The summed E-state index contributed by atoms with van der Waals surface area (Å²) in [6.07, 6.45) is -5.04. The van der Waals surface area contributed by atoms with Crippen molar-refractivity contribution in [3.05, 3.63) is 35.9 Å². The lowest BCUT2D eigenvalue weighted by Crippen LogP contribution is -2.20. The second-order valence-corrected chi connectivity index (χ2v) is 3.84. The number of nitrogen functional groups attached to an aromatic ring is 1. The molecule has 0 spiro atoms. The molecule has 0 aliphatic rings. The summed E-state index contributed by atoms with van der Waals surface area (Å²) in [6, 6.07) is 5.24. The van der Waals surface area contributed by atoms with E-state index in [1.54, 1.807) is 18.2 Å². The van der Waals surface area contributed by atoms with Crippen molar-refractivity contribution in [3.63, 3.8) is 0 Å². The first kappa shape index (κ1) is 13.4. The Morgan fingerprint density at radius 2 is 2.06 bits per heavy atom. The quantitative estimate of drug-likeness (QED) is 0.799. The van der Waals surface area contributed by atoms with Gasteiger partial charge < -0.3 is 11.1 Å². The van der Waals surface area contributed by atoms with Gasteiger partial charge >= 0.3 is 6.18 Å². The number of hydrogen-bond donors (Lipinski definition) is 2. The summed E-state index contributed by atoms with van der Waals surface area (Å²) in [5.41, 5.74) is 8.29. The average molecular weight is 244 g/mol. The number of aryl methyl sites for hydroxylation is 1. The van der Waals surface area contributed by atoms with Gasteiger partial charge in [0.25, 0.3) is 0 Å². The average Bonchev–Trinajstić information content (AvgIpc) is 2.19. The first-order valence-electron chi connectivity index (χ1n) is 5.15. The van der Waals surface area contributed by atoms with E-state index >= 15 is 0 Å². The van der Waals surface area contributed by atoms with Crippen LogP contribution in [0.4, 0.5) is 18.9 Å². The molecule has 1 rings (SSSR count). The fraction of sp³-hybridized carbons (Fsp3) is 0.333. The largest absolute Gasteiger partial charge is 0.399 e. The molecule has 0 amide bonds. The molecular formula is C12H15F3N2. The van der Waals surface area contributed by atoms with E-state index in [1.807, 2.05) is 6.92 Å². The lowest BCUT2D eigenvalue weighted by atomic mass is 10.1. The standard InChI is InChI=1S/C12H15F3N2/c1-8-3-4-10(16)7-11(8)9(2)17-6-5-12(13,14)15/h3-4,7,17H,2,5-6,16H2,1H3. The number of halogens is 3. The number of nitrogens with two attached hydrogens (primary N) is 1. The van der Waals surface area contributed by atoms with Crippen LogP contribution in [-0.2, 0) is 0 Å². The van der Waals surface area contributed by atoms with Crippen molar-refractivity contribution in [2.24, 2.45) is 0 Å². The molecular weight excluding hydrogens is 229 g/mol. The molecule has 0 saturated heterocycles. The Kier molecular flexibility index (Phi) is 4.04. The minimum Gasteiger partial charge on any atom is -0.399 e. The smallest absolute Gasteiger partial charge is 0.390 e. The SMILES string of the molecule is C=C(NCCC(F)(F)F)c1cc(N)ccc1C. The lowest BCUT2D eigenvalue weighted by Gasteiger charge is -2.13. The van der Waals surface area contributed by atoms with Crippen LogP contribution in [0.2, 0.25) is 0 Å². The third-order valence-electron chi connectivity index (χ3n) is 2.33. The van der Waals surface area contributed by atoms with Gasteiger partial charge in [-0.05, 0) is 24.6 Å². The summed E-state index contributed by atoms with van der Waals surface area (Å²) >= 11 is 0. The third kappa shape index (κ3) is 4.38. The molecule has 0 aliphatic carbocycles. The van der Waals surface area contributed by atoms with Crippen molar-refractivity contribution in [1.29, 1.82) is 0 Å². The fourth-order valence-corrected chi connectivity index (χ4v) is 1.42. The van der Waals surface area contributed by atoms with Gasteiger partial charge in [0.15, 0.2) is 0 Å². The van der Waals surface area contributed by atoms with Crippen LogP contribution in [0.3, 0.4) is 0 Å². The molecule has 1 aromatic carbocycles. The summed E-state index contributed by atoms with van der Waals surface area (Å²) in [4.78, 5) is 0. The Balaban J connectivity index is 2.61. The highest BCUT2D eigenvalue weighted by molar-refractivity contribution is 5.67. The highest BCUT2D eigenvalue weighted by Crippen LogP contribution is 2.21. The number of alkyl halides is 3. The number of benzene rings is 1. The van der Waals surface area contributed by atoms with Gasteiger partial charge in [-0.15, -0.1) is 0 Å². The van der Waals surface area contributed by atoms with Crippen LogP contribution in [0.25, 0.3) is 5.70 Å². The molecule has 0 fully saturated rings. The monoisotopic (exact) mass is 244 g/mol. The molecule has 0 atom stereocenters. The molecule has 0 unspecified atom stereocenters. The second-order valence-electron chi connectivity index (χ2n) is 3.84. The summed E-state index contributed by atoms with van der Waals surface area (Å²) in [5, 5.41) is 2.65. The molecule has 2 nitrogen and oxygen atoms in total. The van der Waals surface area contributed by atoms with Crippen LogP contribution >= 0.6 is 0 Å². The van der Waals surface area contributed by atoms with Crippen LogP contribution in [0, 0.1) is 6.92 Å². The van der Waals surface area contributed by atoms with Crippen LogP contribution in [0.5, 0.6) is 0 Å². The number of hydrogen-bond acceptors (Lipinski definition) is 2. The van der Waals surface area contributed by atoms with E-state index in [4.69, 9.17) is 5.73 Å². The topological polar surface area (TPSA) is 38.0 Å². The number of rotatable bonds is 4. The molecule has 0 heterocycles. The van der Waals surface area contributed by atoms with Gasteiger partial charge in [-0.1, -0.05) is 12.6 Å². The Morgan fingerprint density at radius 3 is 2.65 bits per heavy atom. The molecule has 3 N–H and O–H groups in total. The molecule has 0 aliphatic heterocycles. The van der Waals surface area contributed by atoms with Gasteiger partial charge in [-0.3, -0.25) is 0 Å². The molecule has 0 saturated carbocycles. The van der Waals surface area contributed by atoms with Crippen LogP contribution in [0.15, 0.2) is 24.8 Å². The summed E-state index contributed by atoms with van der Waals surface area (Å²) in [5.74, 6) is 0. The molecule has 5 heteroatoms. The van der Waals surface area contributed by atoms with Crippen LogP contribution in [-0.4, -0.2) is 12.7 Å². The number of nitrogens with one attached hydrogen (secondary N) is 1. The predicted octanol–water partition coefficient (Wildman–Crippen LogP) is 3.09. The summed E-state index contributed by atoms with van der Waals surface area (Å²) in [7, 11) is 0. The van der Waals surface area contributed by atoms with Crippen molar-refractivity contribution < 1.29 is 13.2 Å². The third-order valence-corrected chi connectivity index (χ3v) is 2.33. The van der Waals surface area contributed by atoms with E-state index in [9.17, 15) is 13.2 Å². The van der Waals surface area contributed by atoms with Crippen LogP contribution in [0.1, 0.15) is 17.5 Å². The van der Waals surface area contributed by atoms with Gasteiger partial charge in [0, 0.05) is 23.5 Å². The maximum absolute atomic E-state index is 12.0. The molecule has 1 aromatic rings. The highest BCUT2D eigenvalue weighted by Gasteiger charge is 2.26. The number of anilines is 1. The highest BCUT2D eigenvalue weighted by atomic mass is 19.4. The van der Waals surface area contributed by atoms with Gasteiger partial charge in [-0.25, -0.2) is 0 Å². The summed E-state index contributed by atoms with van der Waals surface area (Å²) in [6.45, 7) is 5.38. The van der Waals surface area contributed by atoms with E-state index in [0.29, 0.717) is 11.4 Å². The van der Waals surface area contributed by atoms with Crippen molar-refractivity contribution in [2.45, 2.75) is 19.5 Å². The molecule has 0 aromatic heterocycles. The summed E-state index contributed by atoms with van der Waals surface area (Å²) < 4.78 is 35.9. The van der Waals surface area contributed by atoms with E-state index < -0.39 is 12.6 Å². The van der Waals surface area contributed by atoms with E-state index in [1.165, 1.54) is 0 Å². The van der Waals surface area contributed by atoms with E-state index in [0.717, 1.165) is 11.1 Å². The zero-order valence-electron chi connectivity index (χ0n) is 9.56. The van der Waals surface area contributed by atoms with Gasteiger partial charge in [-0.2, -0.15) is 13.2 Å². The van der Waals surface area contributed by atoms with Crippen molar-refractivity contribution in [3.8, 4) is 0 Å². The van der Waals surface area contributed by atoms with Crippen LogP contribution < -0.4 is 11.1 Å². The molecule has 0 radical (unpaired) electrons. The molecule has 17 heavy (non-hydrogen) atoms. The maximum Gasteiger partial charge on any atom is 0.390 e. The normalized spacial score (nSPS) is 11.3. The Bertz CT molecular complexity index is 411. The van der Waals surface area contributed by atoms with Gasteiger partial charge in [0.05, 0.1) is 6.42 Å². The minimum absolute atomic E-state index is 0.184. The lowest BCUT2D eigenvalue weighted by molar-refractivity contribution is -0.132. The van der Waals surface area contributed by atoms with Crippen molar-refractivity contribution in [2.75, 3.05) is 12.3 Å². The van der Waals surface area contributed by atoms with Gasteiger partial charge in [0.2, 0.25) is 0 Å². The zero-order valence-corrected chi connectivity index (χ0v) is 9.56. The fourth-order valence-electron chi connectivity index (χ4n) is 1.42. The second kappa shape index (κ2) is 5.12. The first-order valence-corrected chi connectivity index (χ1v) is 5.15. The van der Waals surface area contributed by atoms with Crippen molar-refractivity contribution in [1.82, 2.24) is 5.32 Å².